The largest absolute Gasteiger partial charge is 0.456 e. The molecule has 9 heteroatoms. The molecule has 3 rings (SSSR count). The molecule has 2 aromatic carbocycles. The first kappa shape index (κ1) is 22.8. The van der Waals surface area contributed by atoms with Crippen LogP contribution in [-0.2, 0) is 9.53 Å². The van der Waals surface area contributed by atoms with Gasteiger partial charge < -0.3 is 4.74 Å². The van der Waals surface area contributed by atoms with Crippen molar-refractivity contribution >= 4 is 29.3 Å². The number of Topliss-reactive ketones (excluding diaryl/α,β-unsaturated/α-hetero) is 1. The summed E-state index contributed by atoms with van der Waals surface area (Å²) in [6.07, 6.45) is 0. The number of nitro groups is 1. The van der Waals surface area contributed by atoms with E-state index >= 15 is 0 Å². The Hall–Kier alpha value is -3.88. The van der Waals surface area contributed by atoms with E-state index in [1.807, 2.05) is 34.6 Å². The van der Waals surface area contributed by atoms with E-state index in [9.17, 15) is 29.3 Å². The number of fused-ring (bicyclic) bond motifs is 1. The summed E-state index contributed by atoms with van der Waals surface area (Å²) in [6, 6.07) is 3.69. The SMILES string of the molecule is Cc1c(C)c(C)c(C(=O)COC(=O)CN2C(=O)c3cccc([N+](=O)[O-])c3C2=O)c(C)c1C. The number of nitrogens with zero attached hydrogens (tertiary/aromatic N) is 2. The van der Waals surface area contributed by atoms with Gasteiger partial charge in [0.1, 0.15) is 12.1 Å². The summed E-state index contributed by atoms with van der Waals surface area (Å²) in [5.41, 5.74) is 4.13. The highest BCUT2D eigenvalue weighted by Gasteiger charge is 2.42. The maximum atomic E-state index is 12.8. The van der Waals surface area contributed by atoms with Gasteiger partial charge in [-0.2, -0.15) is 0 Å². The third-order valence-corrected chi connectivity index (χ3v) is 6.10. The third kappa shape index (κ3) is 3.66. The summed E-state index contributed by atoms with van der Waals surface area (Å²) < 4.78 is 5.04. The van der Waals surface area contributed by atoms with Crippen LogP contribution in [0.5, 0.6) is 0 Å². The van der Waals surface area contributed by atoms with Crippen molar-refractivity contribution < 1.29 is 28.8 Å². The van der Waals surface area contributed by atoms with Crippen LogP contribution < -0.4 is 0 Å². The standard InChI is InChI=1S/C23H22N2O7/c1-11-12(2)14(4)20(15(5)13(11)3)18(26)10-32-19(27)9-24-22(28)16-7-6-8-17(25(30)31)21(16)23(24)29/h6-8H,9-10H2,1-5H3. The number of carbonyl (C=O) groups is 4. The van der Waals surface area contributed by atoms with Gasteiger partial charge in [0.15, 0.2) is 6.61 Å². The van der Waals surface area contributed by atoms with Gasteiger partial charge in [-0.05, 0) is 68.5 Å². The van der Waals surface area contributed by atoms with Crippen LogP contribution in [0.2, 0.25) is 0 Å². The van der Waals surface area contributed by atoms with Crippen molar-refractivity contribution in [3.05, 3.63) is 72.8 Å². The normalized spacial score (nSPS) is 12.7. The van der Waals surface area contributed by atoms with Crippen molar-refractivity contribution in [2.24, 2.45) is 0 Å². The van der Waals surface area contributed by atoms with Gasteiger partial charge in [-0.1, -0.05) is 6.07 Å². The van der Waals surface area contributed by atoms with Crippen LogP contribution in [0.1, 0.15) is 58.9 Å². The van der Waals surface area contributed by atoms with Gasteiger partial charge in [-0.25, -0.2) is 0 Å². The van der Waals surface area contributed by atoms with Crippen molar-refractivity contribution in [1.29, 1.82) is 0 Å². The van der Waals surface area contributed by atoms with Crippen LogP contribution in [0, 0.1) is 44.7 Å². The topological polar surface area (TPSA) is 124 Å². The van der Waals surface area contributed by atoms with Crippen LogP contribution in [0.4, 0.5) is 5.69 Å². The van der Waals surface area contributed by atoms with Crippen molar-refractivity contribution in [2.45, 2.75) is 34.6 Å². The molecule has 0 saturated heterocycles. The van der Waals surface area contributed by atoms with Gasteiger partial charge in [0, 0.05) is 11.6 Å². The first-order valence-corrected chi connectivity index (χ1v) is 9.86. The number of imide groups is 1. The predicted octanol–water partition coefficient (Wildman–Crippen LogP) is 3.16. The average molecular weight is 438 g/mol. The van der Waals surface area contributed by atoms with Crippen molar-refractivity contribution in [3.63, 3.8) is 0 Å². The van der Waals surface area contributed by atoms with Gasteiger partial charge in [0.25, 0.3) is 17.5 Å². The van der Waals surface area contributed by atoms with E-state index in [0.29, 0.717) is 10.5 Å². The predicted molar refractivity (Wildman–Crippen MR) is 114 cm³/mol. The maximum absolute atomic E-state index is 12.8. The molecule has 166 valence electrons. The summed E-state index contributed by atoms with van der Waals surface area (Å²) in [5.74, 6) is -3.13. The zero-order valence-electron chi connectivity index (χ0n) is 18.4. The van der Waals surface area contributed by atoms with E-state index in [4.69, 9.17) is 4.74 Å². The lowest BCUT2D eigenvalue weighted by molar-refractivity contribution is -0.385. The minimum atomic E-state index is -0.966. The molecule has 1 aliphatic heterocycles. The van der Waals surface area contributed by atoms with E-state index in [1.165, 1.54) is 12.1 Å². The summed E-state index contributed by atoms with van der Waals surface area (Å²) in [7, 11) is 0. The van der Waals surface area contributed by atoms with E-state index in [2.05, 4.69) is 0 Å². The highest BCUT2D eigenvalue weighted by molar-refractivity contribution is 6.24. The molecule has 0 fully saturated rings. The molecular weight excluding hydrogens is 416 g/mol. The Morgan fingerprint density at radius 1 is 0.938 bits per heavy atom. The second-order valence-corrected chi connectivity index (χ2v) is 7.74. The molecule has 0 atom stereocenters. The Morgan fingerprint density at radius 3 is 2.06 bits per heavy atom. The minimum absolute atomic E-state index is 0.148. The fourth-order valence-corrected chi connectivity index (χ4v) is 3.92. The number of hydrogen-bond donors (Lipinski definition) is 0. The second-order valence-electron chi connectivity index (χ2n) is 7.74. The Labute approximate surface area is 184 Å². The molecule has 0 spiro atoms. The molecule has 9 nitrogen and oxygen atoms in total. The van der Waals surface area contributed by atoms with Crippen LogP contribution in [0.15, 0.2) is 18.2 Å². The smallest absolute Gasteiger partial charge is 0.326 e. The zero-order valence-corrected chi connectivity index (χ0v) is 18.4. The number of ether oxygens (including phenoxy) is 1. The molecule has 0 bridgehead atoms. The van der Waals surface area contributed by atoms with Crippen molar-refractivity contribution in [1.82, 2.24) is 4.90 Å². The quantitative estimate of drug-likeness (QED) is 0.223. The Bertz CT molecular complexity index is 1180. The Kier molecular flexibility index (Phi) is 5.94. The molecule has 0 unspecified atom stereocenters. The van der Waals surface area contributed by atoms with E-state index < -0.39 is 47.3 Å². The van der Waals surface area contributed by atoms with Gasteiger partial charge >= 0.3 is 5.97 Å². The summed E-state index contributed by atoms with van der Waals surface area (Å²) in [5, 5.41) is 11.2. The van der Waals surface area contributed by atoms with E-state index in [0.717, 1.165) is 33.9 Å². The lowest BCUT2D eigenvalue weighted by atomic mass is 9.88. The zero-order chi connectivity index (χ0) is 23.9. The molecule has 0 aromatic heterocycles. The molecule has 32 heavy (non-hydrogen) atoms. The number of nitro benzene ring substituents is 1. The van der Waals surface area contributed by atoms with Crippen molar-refractivity contribution in [3.8, 4) is 0 Å². The number of esters is 1. The first-order chi connectivity index (χ1) is 15.0. The fraction of sp³-hybridized carbons (Fsp3) is 0.304. The Morgan fingerprint density at radius 2 is 1.50 bits per heavy atom. The van der Waals surface area contributed by atoms with Gasteiger partial charge in [-0.3, -0.25) is 34.2 Å². The van der Waals surface area contributed by atoms with Crippen LogP contribution >= 0.6 is 0 Å². The maximum Gasteiger partial charge on any atom is 0.326 e. The second kappa shape index (κ2) is 8.33. The van der Waals surface area contributed by atoms with Crippen molar-refractivity contribution in [2.75, 3.05) is 13.2 Å². The molecule has 0 aliphatic carbocycles. The number of hydrogen-bond acceptors (Lipinski definition) is 7. The minimum Gasteiger partial charge on any atom is -0.456 e. The van der Waals surface area contributed by atoms with E-state index in [1.54, 1.807) is 0 Å². The number of benzene rings is 2. The average Bonchev–Trinajstić information content (AvgIpc) is 2.99. The fourth-order valence-electron chi connectivity index (χ4n) is 3.92. The number of rotatable bonds is 6. The molecule has 2 aromatic rings. The van der Waals surface area contributed by atoms with Crippen LogP contribution in [-0.4, -0.2) is 46.5 Å². The monoisotopic (exact) mass is 438 g/mol. The van der Waals surface area contributed by atoms with E-state index in [-0.39, 0.29) is 11.1 Å². The summed E-state index contributed by atoms with van der Waals surface area (Å²) >= 11 is 0. The first-order valence-electron chi connectivity index (χ1n) is 9.86. The molecule has 0 N–H and O–H groups in total. The van der Waals surface area contributed by atoms with Crippen LogP contribution in [0.3, 0.4) is 0 Å². The number of carbonyl (C=O) groups excluding carboxylic acids is 4. The highest BCUT2D eigenvalue weighted by atomic mass is 16.6. The molecule has 0 radical (unpaired) electrons. The summed E-state index contributed by atoms with van der Waals surface area (Å²) in [6.45, 7) is 8.17. The molecule has 0 saturated carbocycles. The number of ketones is 1. The van der Waals surface area contributed by atoms with Gasteiger partial charge in [0.05, 0.1) is 10.5 Å². The molecular formula is C23H22N2O7. The lowest BCUT2D eigenvalue weighted by Crippen LogP contribution is -2.36. The highest BCUT2D eigenvalue weighted by Crippen LogP contribution is 2.30. The van der Waals surface area contributed by atoms with Gasteiger partial charge in [0.2, 0.25) is 5.78 Å². The molecule has 2 amide bonds. The van der Waals surface area contributed by atoms with Crippen LogP contribution in [0.25, 0.3) is 0 Å². The summed E-state index contributed by atoms with van der Waals surface area (Å²) in [4.78, 5) is 61.1. The lowest BCUT2D eigenvalue weighted by Gasteiger charge is -2.18. The number of amides is 2. The third-order valence-electron chi connectivity index (χ3n) is 6.10. The Balaban J connectivity index is 1.74. The molecule has 1 heterocycles. The molecule has 1 aliphatic rings. The van der Waals surface area contributed by atoms with Gasteiger partial charge in [-0.15, -0.1) is 0 Å².